The lowest BCUT2D eigenvalue weighted by atomic mass is 10.2. The van der Waals surface area contributed by atoms with Gasteiger partial charge in [-0.15, -0.1) is 0 Å². The first-order valence-electron chi connectivity index (χ1n) is 4.19. The molecule has 0 aliphatic carbocycles. The molecule has 80 valence electrons. The van der Waals surface area contributed by atoms with E-state index in [4.69, 9.17) is 9.47 Å². The van der Waals surface area contributed by atoms with E-state index >= 15 is 0 Å². The van der Waals surface area contributed by atoms with Crippen LogP contribution in [0.5, 0.6) is 11.5 Å². The Morgan fingerprint density at radius 2 is 2.13 bits per heavy atom. The smallest absolute Gasteiger partial charge is 0.259 e. The maximum atomic E-state index is 11.1. The van der Waals surface area contributed by atoms with E-state index in [1.165, 1.54) is 7.11 Å². The van der Waals surface area contributed by atoms with Crippen molar-refractivity contribution in [2.45, 2.75) is 0 Å². The molecule has 0 aliphatic heterocycles. The van der Waals surface area contributed by atoms with Crippen molar-refractivity contribution in [2.75, 3.05) is 19.5 Å². The van der Waals surface area contributed by atoms with E-state index in [9.17, 15) is 4.79 Å². The minimum atomic E-state index is -0.364. The molecule has 0 aliphatic rings. The average molecular weight is 225 g/mol. The lowest BCUT2D eigenvalue weighted by Crippen LogP contribution is -2.12. The summed E-state index contributed by atoms with van der Waals surface area (Å²) in [6, 6.07) is 5.11. The summed E-state index contributed by atoms with van der Waals surface area (Å²) in [5.74, 6) is 0.827. The number of anilines is 1. The predicted octanol–water partition coefficient (Wildman–Crippen LogP) is 1.64. The zero-order chi connectivity index (χ0) is 11.3. The van der Waals surface area contributed by atoms with Gasteiger partial charge in [0.2, 0.25) is 0 Å². The van der Waals surface area contributed by atoms with Crippen LogP contribution in [0.15, 0.2) is 18.2 Å². The number of amides is 1. The molecule has 1 amide bonds. The summed E-state index contributed by atoms with van der Waals surface area (Å²) in [6.45, 7) is 0. The maximum Gasteiger partial charge on any atom is 0.259 e. The first-order chi connectivity index (χ1) is 7.21. The van der Waals surface area contributed by atoms with Gasteiger partial charge >= 0.3 is 0 Å². The van der Waals surface area contributed by atoms with Gasteiger partial charge in [0.1, 0.15) is 11.5 Å². The van der Waals surface area contributed by atoms with Crippen LogP contribution in [-0.2, 0) is 4.79 Å². The summed E-state index contributed by atoms with van der Waals surface area (Å²) in [6.07, 6.45) is 0. The highest BCUT2D eigenvalue weighted by atomic mass is 32.1. The molecular weight excluding hydrogens is 214 g/mol. The fourth-order valence-electron chi connectivity index (χ4n) is 1.07. The highest BCUT2D eigenvalue weighted by molar-refractivity contribution is 7.80. The SMILES string of the molecule is COc1ccc(OC)c(NC(=O)C=S)c1. The number of rotatable bonds is 4. The minimum absolute atomic E-state index is 0.364. The molecule has 0 atom stereocenters. The van der Waals surface area contributed by atoms with Crippen LogP contribution in [0.2, 0.25) is 0 Å². The van der Waals surface area contributed by atoms with Crippen molar-refractivity contribution in [3.05, 3.63) is 18.2 Å². The first kappa shape index (κ1) is 11.5. The van der Waals surface area contributed by atoms with E-state index in [1.54, 1.807) is 25.3 Å². The lowest BCUT2D eigenvalue weighted by Gasteiger charge is -2.10. The Bertz CT molecular complexity index is 379. The molecule has 0 unspecified atom stereocenters. The number of hydrogen-bond acceptors (Lipinski definition) is 4. The lowest BCUT2D eigenvalue weighted by molar-refractivity contribution is -0.109. The van der Waals surface area contributed by atoms with E-state index in [0.717, 1.165) is 5.37 Å². The molecule has 1 aromatic carbocycles. The van der Waals surface area contributed by atoms with E-state index < -0.39 is 0 Å². The molecule has 0 saturated heterocycles. The van der Waals surface area contributed by atoms with Crippen LogP contribution in [0, 0.1) is 0 Å². The highest BCUT2D eigenvalue weighted by Gasteiger charge is 2.06. The van der Waals surface area contributed by atoms with Gasteiger partial charge < -0.3 is 14.8 Å². The molecule has 0 bridgehead atoms. The summed E-state index contributed by atoms with van der Waals surface area (Å²) in [5, 5.41) is 3.61. The number of carbonyl (C=O) groups excluding carboxylic acids is 1. The molecule has 15 heavy (non-hydrogen) atoms. The predicted molar refractivity (Wildman–Crippen MR) is 61.8 cm³/mol. The minimum Gasteiger partial charge on any atom is -0.497 e. The molecule has 0 saturated carbocycles. The normalized spacial score (nSPS) is 9.20. The summed E-state index contributed by atoms with van der Waals surface area (Å²) in [5.41, 5.74) is 0.531. The molecule has 1 rings (SSSR count). The highest BCUT2D eigenvalue weighted by Crippen LogP contribution is 2.28. The topological polar surface area (TPSA) is 47.6 Å². The third-order valence-electron chi connectivity index (χ3n) is 1.77. The molecule has 0 fully saturated rings. The Morgan fingerprint density at radius 1 is 1.40 bits per heavy atom. The summed E-state index contributed by atoms with van der Waals surface area (Å²) in [7, 11) is 3.07. The summed E-state index contributed by atoms with van der Waals surface area (Å²) < 4.78 is 10.1. The molecule has 0 heterocycles. The Hall–Kier alpha value is -1.62. The molecule has 4 nitrogen and oxygen atoms in total. The molecule has 1 N–H and O–H groups in total. The second kappa shape index (κ2) is 5.31. The van der Waals surface area contributed by atoms with Crippen LogP contribution >= 0.6 is 12.2 Å². The summed E-state index contributed by atoms with van der Waals surface area (Å²) in [4.78, 5) is 11.1. The Morgan fingerprint density at radius 3 is 2.67 bits per heavy atom. The fraction of sp³-hybridized carbons (Fsp3) is 0.200. The van der Waals surface area contributed by atoms with Gasteiger partial charge in [0.15, 0.2) is 0 Å². The van der Waals surface area contributed by atoms with Gasteiger partial charge in [0.25, 0.3) is 5.91 Å². The molecule has 1 aromatic rings. The molecule has 0 spiro atoms. The molecule has 0 aromatic heterocycles. The number of carbonyl (C=O) groups is 1. The number of hydrogen-bond donors (Lipinski definition) is 1. The molecule has 0 radical (unpaired) electrons. The van der Waals surface area contributed by atoms with Crippen molar-refractivity contribution in [3.63, 3.8) is 0 Å². The second-order valence-corrected chi connectivity index (χ2v) is 2.91. The average Bonchev–Trinajstić information content (AvgIpc) is 2.28. The first-order valence-corrected chi connectivity index (χ1v) is 4.66. The number of methoxy groups -OCH3 is 2. The number of ether oxygens (including phenoxy) is 2. The molecule has 5 heteroatoms. The van der Waals surface area contributed by atoms with Crippen LogP contribution in [0.4, 0.5) is 5.69 Å². The van der Waals surface area contributed by atoms with E-state index in [1.807, 2.05) is 0 Å². The van der Waals surface area contributed by atoms with Crippen LogP contribution in [-0.4, -0.2) is 25.5 Å². The van der Waals surface area contributed by atoms with Crippen molar-refractivity contribution < 1.29 is 14.3 Å². The van der Waals surface area contributed by atoms with E-state index in [2.05, 4.69) is 17.5 Å². The van der Waals surface area contributed by atoms with Gasteiger partial charge in [0, 0.05) is 6.07 Å². The van der Waals surface area contributed by atoms with Gasteiger partial charge in [-0.3, -0.25) is 4.79 Å². The van der Waals surface area contributed by atoms with Crippen LogP contribution in [0.3, 0.4) is 0 Å². The standard InChI is InChI=1S/C10H11NO3S/c1-13-7-3-4-9(14-2)8(5-7)11-10(12)6-15/h3-6H,1-2H3,(H,11,12). The number of thiocarbonyl (C=S) groups is 1. The van der Waals surface area contributed by atoms with E-state index in [0.29, 0.717) is 17.2 Å². The number of benzene rings is 1. The van der Waals surface area contributed by atoms with Crippen molar-refractivity contribution in [2.24, 2.45) is 0 Å². The van der Waals surface area contributed by atoms with Crippen LogP contribution < -0.4 is 14.8 Å². The zero-order valence-electron chi connectivity index (χ0n) is 8.44. The van der Waals surface area contributed by atoms with Gasteiger partial charge in [-0.1, -0.05) is 12.2 Å². The Kier molecular flexibility index (Phi) is 4.05. The van der Waals surface area contributed by atoms with Crippen molar-refractivity contribution in [3.8, 4) is 11.5 Å². The van der Waals surface area contributed by atoms with Crippen molar-refractivity contribution in [1.29, 1.82) is 0 Å². The fourth-order valence-corrected chi connectivity index (χ4v) is 1.13. The van der Waals surface area contributed by atoms with Crippen molar-refractivity contribution >= 4 is 29.2 Å². The second-order valence-electron chi connectivity index (χ2n) is 2.67. The van der Waals surface area contributed by atoms with Gasteiger partial charge in [0.05, 0.1) is 25.3 Å². The van der Waals surface area contributed by atoms with E-state index in [-0.39, 0.29) is 5.91 Å². The number of nitrogens with one attached hydrogen (secondary N) is 1. The third kappa shape index (κ3) is 2.92. The summed E-state index contributed by atoms with van der Waals surface area (Å²) >= 11 is 4.51. The Labute approximate surface area is 93.2 Å². The maximum absolute atomic E-state index is 11.1. The van der Waals surface area contributed by atoms with Gasteiger partial charge in [-0.2, -0.15) is 0 Å². The molecular formula is C10H11NO3S. The van der Waals surface area contributed by atoms with Crippen molar-refractivity contribution in [1.82, 2.24) is 0 Å². The van der Waals surface area contributed by atoms with Gasteiger partial charge in [-0.25, -0.2) is 0 Å². The monoisotopic (exact) mass is 225 g/mol. The largest absolute Gasteiger partial charge is 0.497 e. The van der Waals surface area contributed by atoms with Crippen LogP contribution in [0.1, 0.15) is 0 Å². The van der Waals surface area contributed by atoms with Crippen LogP contribution in [0.25, 0.3) is 0 Å². The quantitative estimate of drug-likeness (QED) is 0.791. The third-order valence-corrected chi connectivity index (χ3v) is 1.99. The Balaban J connectivity index is 3.00. The van der Waals surface area contributed by atoms with Gasteiger partial charge in [-0.05, 0) is 12.1 Å². The zero-order valence-corrected chi connectivity index (χ0v) is 9.26.